The van der Waals surface area contributed by atoms with Gasteiger partial charge < -0.3 is 15.1 Å². The summed E-state index contributed by atoms with van der Waals surface area (Å²) in [5.41, 5.74) is 2.43. The maximum atomic E-state index is 13.2. The van der Waals surface area contributed by atoms with E-state index in [9.17, 15) is 14.4 Å². The molecule has 2 atom stereocenters. The van der Waals surface area contributed by atoms with Crippen LogP contribution in [0, 0.1) is 5.41 Å². The molecular weight excluding hydrogens is 404 g/mol. The molecule has 0 saturated carbocycles. The van der Waals surface area contributed by atoms with Crippen LogP contribution in [0.5, 0.6) is 0 Å². The van der Waals surface area contributed by atoms with Crippen LogP contribution in [0.15, 0.2) is 48.8 Å². The quantitative estimate of drug-likeness (QED) is 0.756. The largest absolute Gasteiger partial charge is 0.359 e. The predicted molar refractivity (Wildman–Crippen MR) is 121 cm³/mol. The SMILES string of the molecule is CNC(=O)[C@@]1(Cc2cccc(-c3cccnc3)c2)CCN(C(=O)[C@@H](C)N2CCCC2=O)C1. The van der Waals surface area contributed by atoms with Gasteiger partial charge in [0.15, 0.2) is 0 Å². The van der Waals surface area contributed by atoms with Crippen LogP contribution in [0.1, 0.15) is 31.7 Å². The first kappa shape index (κ1) is 22.0. The summed E-state index contributed by atoms with van der Waals surface area (Å²) in [6, 6.07) is 11.6. The molecule has 3 amide bonds. The number of amides is 3. The van der Waals surface area contributed by atoms with Crippen molar-refractivity contribution >= 4 is 17.7 Å². The highest BCUT2D eigenvalue weighted by molar-refractivity contribution is 5.90. The first-order valence-corrected chi connectivity index (χ1v) is 11.2. The number of hydrogen-bond acceptors (Lipinski definition) is 4. The van der Waals surface area contributed by atoms with Gasteiger partial charge in [-0.1, -0.05) is 30.3 Å². The third-order valence-corrected chi connectivity index (χ3v) is 6.77. The first-order valence-electron chi connectivity index (χ1n) is 11.2. The number of rotatable bonds is 6. The summed E-state index contributed by atoms with van der Waals surface area (Å²) in [6.45, 7) is 3.29. The zero-order valence-electron chi connectivity index (χ0n) is 18.7. The van der Waals surface area contributed by atoms with Gasteiger partial charge in [0.25, 0.3) is 0 Å². The van der Waals surface area contributed by atoms with E-state index < -0.39 is 11.5 Å². The highest BCUT2D eigenvalue weighted by atomic mass is 16.2. The molecule has 7 nitrogen and oxygen atoms in total. The van der Waals surface area contributed by atoms with Crippen molar-refractivity contribution in [2.75, 3.05) is 26.7 Å². The molecule has 0 bridgehead atoms. The summed E-state index contributed by atoms with van der Waals surface area (Å²) in [5, 5.41) is 2.81. The summed E-state index contributed by atoms with van der Waals surface area (Å²) < 4.78 is 0. The zero-order valence-corrected chi connectivity index (χ0v) is 18.7. The Morgan fingerprint density at radius 3 is 2.69 bits per heavy atom. The van der Waals surface area contributed by atoms with E-state index in [1.54, 1.807) is 30.0 Å². The van der Waals surface area contributed by atoms with E-state index in [0.717, 1.165) is 23.1 Å². The summed E-state index contributed by atoms with van der Waals surface area (Å²) in [6.07, 6.45) is 6.01. The smallest absolute Gasteiger partial charge is 0.245 e. The lowest BCUT2D eigenvalue weighted by atomic mass is 9.79. The fourth-order valence-electron chi connectivity index (χ4n) is 5.00. The molecule has 0 spiro atoms. The van der Waals surface area contributed by atoms with Crippen LogP contribution in [0.25, 0.3) is 11.1 Å². The number of nitrogens with one attached hydrogen (secondary N) is 1. The first-order chi connectivity index (χ1) is 15.4. The molecule has 4 rings (SSSR count). The molecular formula is C25H30N4O3. The lowest BCUT2D eigenvalue weighted by Crippen LogP contribution is -2.49. The Labute approximate surface area is 188 Å². The minimum atomic E-state index is -0.688. The van der Waals surface area contributed by atoms with Crippen LogP contribution in [0.2, 0.25) is 0 Å². The van der Waals surface area contributed by atoms with Gasteiger partial charge in [-0.05, 0) is 48.9 Å². The molecule has 32 heavy (non-hydrogen) atoms. The second-order valence-corrected chi connectivity index (χ2v) is 8.85. The standard InChI is InChI=1S/C25H30N4O3/c1-18(29-12-5-9-22(29)30)23(31)28-13-10-25(17-28,24(32)26-2)15-19-6-3-7-20(14-19)21-8-4-11-27-16-21/h3-4,6-8,11,14,16,18H,5,9-10,12-13,15,17H2,1-2H3,(H,26,32)/t18-,25-/m1/s1. The van der Waals surface area contributed by atoms with Gasteiger partial charge in [0, 0.05) is 45.5 Å². The molecule has 2 aliphatic heterocycles. The monoisotopic (exact) mass is 434 g/mol. The Bertz CT molecular complexity index is 1010. The molecule has 1 aromatic heterocycles. The minimum absolute atomic E-state index is 0.0369. The van der Waals surface area contributed by atoms with Crippen molar-refractivity contribution in [3.63, 3.8) is 0 Å². The van der Waals surface area contributed by atoms with Crippen LogP contribution in [-0.2, 0) is 20.8 Å². The normalized spacial score (nSPS) is 21.6. The Morgan fingerprint density at radius 1 is 1.19 bits per heavy atom. The van der Waals surface area contributed by atoms with Crippen LogP contribution in [-0.4, -0.2) is 65.2 Å². The van der Waals surface area contributed by atoms with E-state index in [1.807, 2.05) is 36.5 Å². The summed E-state index contributed by atoms with van der Waals surface area (Å²) in [7, 11) is 1.64. The summed E-state index contributed by atoms with van der Waals surface area (Å²) in [5.74, 6) is -0.0885. The summed E-state index contributed by atoms with van der Waals surface area (Å²) in [4.78, 5) is 45.9. The van der Waals surface area contributed by atoms with Crippen molar-refractivity contribution in [2.45, 2.75) is 38.6 Å². The molecule has 3 heterocycles. The molecule has 1 N–H and O–H groups in total. The molecule has 0 radical (unpaired) electrons. The fraction of sp³-hybridized carbons (Fsp3) is 0.440. The lowest BCUT2D eigenvalue weighted by molar-refractivity contribution is -0.142. The van der Waals surface area contributed by atoms with Gasteiger partial charge in [-0.3, -0.25) is 19.4 Å². The second-order valence-electron chi connectivity index (χ2n) is 8.85. The molecule has 2 aliphatic rings. The molecule has 2 fully saturated rings. The van der Waals surface area contributed by atoms with E-state index >= 15 is 0 Å². The molecule has 0 unspecified atom stereocenters. The van der Waals surface area contributed by atoms with Crippen LogP contribution >= 0.6 is 0 Å². The van der Waals surface area contributed by atoms with E-state index in [1.165, 1.54) is 0 Å². The van der Waals surface area contributed by atoms with E-state index in [-0.39, 0.29) is 17.7 Å². The van der Waals surface area contributed by atoms with Crippen molar-refractivity contribution in [2.24, 2.45) is 5.41 Å². The van der Waals surface area contributed by atoms with E-state index in [2.05, 4.69) is 16.4 Å². The maximum Gasteiger partial charge on any atom is 0.245 e. The van der Waals surface area contributed by atoms with Crippen molar-refractivity contribution < 1.29 is 14.4 Å². The highest BCUT2D eigenvalue weighted by Crippen LogP contribution is 2.36. The molecule has 1 aromatic carbocycles. The predicted octanol–water partition coefficient (Wildman–Crippen LogP) is 2.27. The van der Waals surface area contributed by atoms with Gasteiger partial charge in [0.05, 0.1) is 5.41 Å². The number of likely N-dealkylation sites (tertiary alicyclic amines) is 2. The highest BCUT2D eigenvalue weighted by Gasteiger charge is 2.47. The molecule has 168 valence electrons. The maximum absolute atomic E-state index is 13.2. The lowest BCUT2D eigenvalue weighted by Gasteiger charge is -2.30. The van der Waals surface area contributed by atoms with Crippen molar-refractivity contribution in [1.29, 1.82) is 0 Å². The second kappa shape index (κ2) is 9.10. The Morgan fingerprint density at radius 2 is 2.00 bits per heavy atom. The topological polar surface area (TPSA) is 82.6 Å². The van der Waals surface area contributed by atoms with Gasteiger partial charge >= 0.3 is 0 Å². The number of nitrogens with zero attached hydrogens (tertiary/aromatic N) is 3. The Kier molecular flexibility index (Phi) is 6.26. The van der Waals surface area contributed by atoms with Gasteiger partial charge in [-0.25, -0.2) is 0 Å². The third-order valence-electron chi connectivity index (χ3n) is 6.77. The summed E-state index contributed by atoms with van der Waals surface area (Å²) >= 11 is 0. The van der Waals surface area contributed by atoms with Crippen molar-refractivity contribution in [3.8, 4) is 11.1 Å². The van der Waals surface area contributed by atoms with Crippen molar-refractivity contribution in [1.82, 2.24) is 20.1 Å². The molecule has 0 aliphatic carbocycles. The van der Waals surface area contributed by atoms with Crippen LogP contribution < -0.4 is 5.32 Å². The van der Waals surface area contributed by atoms with Crippen LogP contribution in [0.4, 0.5) is 0 Å². The Balaban J connectivity index is 1.54. The van der Waals surface area contributed by atoms with Crippen molar-refractivity contribution in [3.05, 3.63) is 54.4 Å². The average Bonchev–Trinajstić information content (AvgIpc) is 3.45. The molecule has 2 saturated heterocycles. The van der Waals surface area contributed by atoms with Gasteiger partial charge in [0.2, 0.25) is 17.7 Å². The van der Waals surface area contributed by atoms with E-state index in [0.29, 0.717) is 38.9 Å². The minimum Gasteiger partial charge on any atom is -0.359 e. The van der Waals surface area contributed by atoms with E-state index in [4.69, 9.17) is 0 Å². The number of hydrogen-bond donors (Lipinski definition) is 1. The number of pyridine rings is 1. The van der Waals surface area contributed by atoms with Gasteiger partial charge in [0.1, 0.15) is 6.04 Å². The number of aromatic nitrogens is 1. The number of carbonyl (C=O) groups excluding carboxylic acids is 3. The fourth-order valence-corrected chi connectivity index (χ4v) is 5.00. The number of benzene rings is 1. The molecule has 2 aromatic rings. The molecule has 7 heteroatoms. The third kappa shape index (κ3) is 4.24. The van der Waals surface area contributed by atoms with Gasteiger partial charge in [-0.15, -0.1) is 0 Å². The Hall–Kier alpha value is -3.22. The average molecular weight is 435 g/mol. The van der Waals surface area contributed by atoms with Crippen LogP contribution in [0.3, 0.4) is 0 Å². The number of carbonyl (C=O) groups is 3. The zero-order chi connectivity index (χ0) is 22.7. The van der Waals surface area contributed by atoms with Gasteiger partial charge in [-0.2, -0.15) is 0 Å².